The lowest BCUT2D eigenvalue weighted by atomic mass is 10.0. The predicted molar refractivity (Wildman–Crippen MR) is 60.0 cm³/mol. The normalized spacial score (nSPS) is 24.4. The summed E-state index contributed by atoms with van der Waals surface area (Å²) in [5.41, 5.74) is 0. The molecule has 0 spiro atoms. The molecule has 16 heavy (non-hydrogen) atoms. The Labute approximate surface area is 95.8 Å². The molecule has 2 N–H and O–H groups in total. The maximum absolute atomic E-state index is 11.9. The van der Waals surface area contributed by atoms with Crippen molar-refractivity contribution in [3.05, 3.63) is 0 Å². The molecule has 1 rings (SSSR count). The summed E-state index contributed by atoms with van der Waals surface area (Å²) < 4.78 is 0. The number of hydrogen-bond donors (Lipinski definition) is 2. The first-order chi connectivity index (χ1) is 7.56. The summed E-state index contributed by atoms with van der Waals surface area (Å²) in [6.07, 6.45) is 1.84. The van der Waals surface area contributed by atoms with Gasteiger partial charge in [-0.1, -0.05) is 0 Å². The largest absolute Gasteiger partial charge is 0.481 e. The summed E-state index contributed by atoms with van der Waals surface area (Å²) in [5.74, 6) is -1.11. The van der Waals surface area contributed by atoms with Crippen LogP contribution in [-0.2, 0) is 9.59 Å². The molecular formula is C11H20N2O3. The first-order valence-electron chi connectivity index (χ1n) is 5.68. The third kappa shape index (κ3) is 3.20. The molecule has 0 aromatic rings. The number of carboxylic acid groups (broad SMARTS) is 1. The molecule has 0 aliphatic heterocycles. The van der Waals surface area contributed by atoms with Gasteiger partial charge in [0, 0.05) is 26.1 Å². The summed E-state index contributed by atoms with van der Waals surface area (Å²) in [7, 11) is 3.61. The zero-order valence-electron chi connectivity index (χ0n) is 9.90. The molecule has 1 amide bonds. The van der Waals surface area contributed by atoms with Crippen LogP contribution >= 0.6 is 0 Å². The second kappa shape index (κ2) is 5.84. The number of nitrogens with zero attached hydrogens (tertiary/aromatic N) is 1. The van der Waals surface area contributed by atoms with Gasteiger partial charge in [0.05, 0.1) is 5.92 Å². The highest BCUT2D eigenvalue weighted by atomic mass is 16.4. The van der Waals surface area contributed by atoms with Crippen molar-refractivity contribution in [2.24, 2.45) is 11.8 Å². The average molecular weight is 228 g/mol. The zero-order chi connectivity index (χ0) is 12.1. The van der Waals surface area contributed by atoms with Crippen LogP contribution in [0.5, 0.6) is 0 Å². The fourth-order valence-corrected chi connectivity index (χ4v) is 2.13. The van der Waals surface area contributed by atoms with Crippen molar-refractivity contribution in [3.63, 3.8) is 0 Å². The Morgan fingerprint density at radius 2 is 2.00 bits per heavy atom. The van der Waals surface area contributed by atoms with E-state index in [9.17, 15) is 9.59 Å². The lowest BCUT2D eigenvalue weighted by molar-refractivity contribution is -0.141. The molecule has 0 radical (unpaired) electrons. The standard InChI is InChI=1S/C11H20N2O3/c1-12-5-6-13(2)10(14)8-3-4-9(7-8)11(15)16/h8-9,12H,3-7H2,1-2H3,(H,15,16). The topological polar surface area (TPSA) is 69.6 Å². The number of hydrogen-bond acceptors (Lipinski definition) is 3. The summed E-state index contributed by atoms with van der Waals surface area (Å²) in [6.45, 7) is 1.43. The zero-order valence-corrected chi connectivity index (χ0v) is 9.90. The quantitative estimate of drug-likeness (QED) is 0.703. The van der Waals surface area contributed by atoms with E-state index in [-0.39, 0.29) is 17.7 Å². The summed E-state index contributed by atoms with van der Waals surface area (Å²) >= 11 is 0. The van der Waals surface area contributed by atoms with Gasteiger partial charge in [0.2, 0.25) is 5.91 Å². The third-order valence-electron chi connectivity index (χ3n) is 3.20. The van der Waals surface area contributed by atoms with Gasteiger partial charge in [0.25, 0.3) is 0 Å². The van der Waals surface area contributed by atoms with Crippen molar-refractivity contribution in [1.82, 2.24) is 10.2 Å². The SMILES string of the molecule is CNCCN(C)C(=O)C1CCC(C(=O)O)C1. The highest BCUT2D eigenvalue weighted by molar-refractivity contribution is 5.80. The van der Waals surface area contributed by atoms with E-state index in [2.05, 4.69) is 5.32 Å². The Balaban J connectivity index is 2.41. The van der Waals surface area contributed by atoms with Gasteiger partial charge >= 0.3 is 5.97 Å². The summed E-state index contributed by atoms with van der Waals surface area (Å²) in [5, 5.41) is 11.8. The molecule has 1 aliphatic rings. The summed E-state index contributed by atoms with van der Waals surface area (Å²) in [4.78, 5) is 24.4. The highest BCUT2D eigenvalue weighted by Gasteiger charge is 2.34. The number of carbonyl (C=O) groups excluding carboxylic acids is 1. The van der Waals surface area contributed by atoms with Gasteiger partial charge in [-0.3, -0.25) is 9.59 Å². The van der Waals surface area contributed by atoms with E-state index >= 15 is 0 Å². The first-order valence-corrected chi connectivity index (χ1v) is 5.68. The van der Waals surface area contributed by atoms with Crippen LogP contribution in [0.2, 0.25) is 0 Å². The van der Waals surface area contributed by atoms with Gasteiger partial charge in [0.15, 0.2) is 0 Å². The highest BCUT2D eigenvalue weighted by Crippen LogP contribution is 2.32. The number of aliphatic carboxylic acids is 1. The second-order valence-electron chi connectivity index (χ2n) is 4.41. The maximum atomic E-state index is 11.9. The molecule has 92 valence electrons. The Bertz CT molecular complexity index is 268. The smallest absolute Gasteiger partial charge is 0.306 e. The van der Waals surface area contributed by atoms with E-state index in [1.54, 1.807) is 11.9 Å². The van der Waals surface area contributed by atoms with Crippen molar-refractivity contribution >= 4 is 11.9 Å². The van der Waals surface area contributed by atoms with Crippen LogP contribution < -0.4 is 5.32 Å². The van der Waals surface area contributed by atoms with Crippen LogP contribution in [0.3, 0.4) is 0 Å². The third-order valence-corrected chi connectivity index (χ3v) is 3.20. The minimum Gasteiger partial charge on any atom is -0.481 e. The molecule has 0 bridgehead atoms. The van der Waals surface area contributed by atoms with Crippen molar-refractivity contribution in [2.45, 2.75) is 19.3 Å². The molecule has 2 unspecified atom stereocenters. The van der Waals surface area contributed by atoms with Crippen LogP contribution in [0.1, 0.15) is 19.3 Å². The number of rotatable bonds is 5. The molecule has 0 saturated heterocycles. The molecule has 1 aliphatic carbocycles. The number of amides is 1. The van der Waals surface area contributed by atoms with Crippen molar-refractivity contribution in [3.8, 4) is 0 Å². The average Bonchev–Trinajstić information content (AvgIpc) is 2.74. The van der Waals surface area contributed by atoms with Gasteiger partial charge in [-0.2, -0.15) is 0 Å². The van der Waals surface area contributed by atoms with Crippen molar-refractivity contribution in [1.29, 1.82) is 0 Å². The number of nitrogens with one attached hydrogen (secondary N) is 1. The number of carboxylic acids is 1. The maximum Gasteiger partial charge on any atom is 0.306 e. The molecule has 1 fully saturated rings. The van der Waals surface area contributed by atoms with Crippen molar-refractivity contribution < 1.29 is 14.7 Å². The Hall–Kier alpha value is -1.10. The lowest BCUT2D eigenvalue weighted by Crippen LogP contribution is -2.36. The van der Waals surface area contributed by atoms with Crippen LogP contribution in [0.25, 0.3) is 0 Å². The van der Waals surface area contributed by atoms with E-state index in [1.165, 1.54) is 0 Å². The van der Waals surface area contributed by atoms with Gasteiger partial charge in [-0.05, 0) is 26.3 Å². The van der Waals surface area contributed by atoms with E-state index in [0.717, 1.165) is 6.54 Å². The Kier molecular flexibility index (Phi) is 4.73. The molecule has 1 saturated carbocycles. The van der Waals surface area contributed by atoms with Crippen LogP contribution in [0.4, 0.5) is 0 Å². The van der Waals surface area contributed by atoms with Crippen LogP contribution in [-0.4, -0.2) is 49.1 Å². The molecule has 5 heteroatoms. The molecular weight excluding hydrogens is 208 g/mol. The van der Waals surface area contributed by atoms with Gasteiger partial charge < -0.3 is 15.3 Å². The monoisotopic (exact) mass is 228 g/mol. The molecule has 5 nitrogen and oxygen atoms in total. The lowest BCUT2D eigenvalue weighted by Gasteiger charge is -2.20. The Morgan fingerprint density at radius 3 is 2.50 bits per heavy atom. The Morgan fingerprint density at radius 1 is 1.38 bits per heavy atom. The predicted octanol–water partition coefficient (Wildman–Crippen LogP) is 0.165. The number of carbonyl (C=O) groups is 2. The molecule has 2 atom stereocenters. The fraction of sp³-hybridized carbons (Fsp3) is 0.818. The minimum absolute atomic E-state index is 0.0824. The van der Waals surface area contributed by atoms with E-state index in [0.29, 0.717) is 25.8 Å². The van der Waals surface area contributed by atoms with E-state index < -0.39 is 5.97 Å². The van der Waals surface area contributed by atoms with Gasteiger partial charge in [-0.25, -0.2) is 0 Å². The summed E-state index contributed by atoms with van der Waals surface area (Å²) in [6, 6.07) is 0. The fourth-order valence-electron chi connectivity index (χ4n) is 2.13. The first kappa shape index (κ1) is 13.0. The second-order valence-corrected chi connectivity index (χ2v) is 4.41. The number of likely N-dealkylation sites (N-methyl/N-ethyl adjacent to an activating group) is 2. The molecule has 0 heterocycles. The van der Waals surface area contributed by atoms with E-state index in [4.69, 9.17) is 5.11 Å². The molecule has 0 aromatic carbocycles. The van der Waals surface area contributed by atoms with Crippen LogP contribution in [0, 0.1) is 11.8 Å². The minimum atomic E-state index is -0.770. The molecule has 0 aromatic heterocycles. The van der Waals surface area contributed by atoms with E-state index in [1.807, 2.05) is 7.05 Å². The van der Waals surface area contributed by atoms with Gasteiger partial charge in [0.1, 0.15) is 0 Å². The van der Waals surface area contributed by atoms with Gasteiger partial charge in [-0.15, -0.1) is 0 Å². The van der Waals surface area contributed by atoms with Crippen LogP contribution in [0.15, 0.2) is 0 Å². The van der Waals surface area contributed by atoms with Crippen molar-refractivity contribution in [2.75, 3.05) is 27.2 Å².